The Hall–Kier alpha value is -2.28. The van der Waals surface area contributed by atoms with Crippen LogP contribution in [-0.4, -0.2) is 28.0 Å². The molecule has 0 saturated carbocycles. The van der Waals surface area contributed by atoms with Gasteiger partial charge in [0.25, 0.3) is 0 Å². The Morgan fingerprint density at radius 2 is 1.96 bits per heavy atom. The molecule has 1 aromatic heterocycles. The van der Waals surface area contributed by atoms with E-state index in [2.05, 4.69) is 15.8 Å². The maximum atomic E-state index is 12.1. The number of amides is 2. The molecule has 7 heteroatoms. The van der Waals surface area contributed by atoms with E-state index >= 15 is 0 Å². The first-order valence-corrected chi connectivity index (χ1v) is 8.63. The number of thioether (sulfide) groups is 1. The predicted molar refractivity (Wildman–Crippen MR) is 96.3 cm³/mol. The maximum absolute atomic E-state index is 12.1. The molecular formula is C17H21N3O3S. The third kappa shape index (κ3) is 5.13. The minimum Gasteiger partial charge on any atom is -0.360 e. The minimum atomic E-state index is -0.383. The molecule has 0 radical (unpaired) electrons. The lowest BCUT2D eigenvalue weighted by Crippen LogP contribution is -2.25. The highest BCUT2D eigenvalue weighted by Gasteiger charge is 2.17. The summed E-state index contributed by atoms with van der Waals surface area (Å²) in [5.41, 5.74) is 2.89. The van der Waals surface area contributed by atoms with E-state index in [1.165, 1.54) is 11.8 Å². The van der Waals surface area contributed by atoms with Crippen molar-refractivity contribution in [3.05, 3.63) is 41.2 Å². The number of carbonyl (C=O) groups excluding carboxylic acids is 2. The molecule has 1 aromatic carbocycles. The molecular weight excluding hydrogens is 326 g/mol. The number of nitrogens with one attached hydrogen (secondary N) is 2. The van der Waals surface area contributed by atoms with Crippen LogP contribution in [0.4, 0.5) is 11.5 Å². The molecule has 2 N–H and O–H groups in total. The van der Waals surface area contributed by atoms with Crippen molar-refractivity contribution >= 4 is 35.1 Å². The van der Waals surface area contributed by atoms with Crippen LogP contribution >= 0.6 is 11.8 Å². The fourth-order valence-electron chi connectivity index (χ4n) is 1.99. The fraction of sp³-hybridized carbons (Fsp3) is 0.353. The third-order valence-corrected chi connectivity index (χ3v) is 4.52. The summed E-state index contributed by atoms with van der Waals surface area (Å²) in [7, 11) is 0. The van der Waals surface area contributed by atoms with Crippen LogP contribution in [0, 0.1) is 20.8 Å². The van der Waals surface area contributed by atoms with Crippen molar-refractivity contribution in [1.29, 1.82) is 0 Å². The van der Waals surface area contributed by atoms with Gasteiger partial charge in [0, 0.05) is 11.8 Å². The summed E-state index contributed by atoms with van der Waals surface area (Å²) in [6.07, 6.45) is 0. The molecule has 24 heavy (non-hydrogen) atoms. The van der Waals surface area contributed by atoms with Gasteiger partial charge < -0.3 is 15.2 Å². The van der Waals surface area contributed by atoms with Gasteiger partial charge in [0.15, 0.2) is 5.82 Å². The zero-order valence-corrected chi connectivity index (χ0v) is 15.0. The normalized spacial score (nSPS) is 11.8. The number of anilines is 2. The molecule has 0 aliphatic carbocycles. The zero-order valence-electron chi connectivity index (χ0n) is 14.2. The molecule has 0 fully saturated rings. The quantitative estimate of drug-likeness (QED) is 0.837. The van der Waals surface area contributed by atoms with Gasteiger partial charge in [-0.15, -0.1) is 11.8 Å². The monoisotopic (exact) mass is 347 g/mol. The molecule has 2 rings (SSSR count). The van der Waals surface area contributed by atoms with Crippen molar-refractivity contribution in [2.24, 2.45) is 0 Å². The van der Waals surface area contributed by atoms with Gasteiger partial charge in [-0.2, -0.15) is 0 Å². The van der Waals surface area contributed by atoms with E-state index in [1.807, 2.05) is 32.0 Å². The second kappa shape index (κ2) is 8.01. The Balaban J connectivity index is 1.82. The highest BCUT2D eigenvalue weighted by Crippen LogP contribution is 2.18. The summed E-state index contributed by atoms with van der Waals surface area (Å²) in [6, 6.07) is 7.54. The summed E-state index contributed by atoms with van der Waals surface area (Å²) in [6.45, 7) is 7.41. The number of aromatic nitrogens is 1. The van der Waals surface area contributed by atoms with Gasteiger partial charge >= 0.3 is 0 Å². The Labute approximate surface area is 145 Å². The van der Waals surface area contributed by atoms with E-state index in [1.54, 1.807) is 19.9 Å². The summed E-state index contributed by atoms with van der Waals surface area (Å²) >= 11 is 1.27. The number of hydrogen-bond acceptors (Lipinski definition) is 5. The lowest BCUT2D eigenvalue weighted by Gasteiger charge is -2.12. The molecule has 0 bridgehead atoms. The van der Waals surface area contributed by atoms with E-state index < -0.39 is 0 Å². The van der Waals surface area contributed by atoms with E-state index in [9.17, 15) is 9.59 Å². The third-order valence-electron chi connectivity index (χ3n) is 3.38. The lowest BCUT2D eigenvalue weighted by atomic mass is 10.1. The largest absolute Gasteiger partial charge is 0.360 e. The predicted octanol–water partition coefficient (Wildman–Crippen LogP) is 3.30. The summed E-state index contributed by atoms with van der Waals surface area (Å²) in [5.74, 6) is 0.849. The van der Waals surface area contributed by atoms with Crippen LogP contribution in [0.15, 0.2) is 28.8 Å². The molecule has 6 nitrogen and oxygen atoms in total. The highest BCUT2D eigenvalue weighted by atomic mass is 32.2. The smallest absolute Gasteiger partial charge is 0.238 e. The van der Waals surface area contributed by atoms with Gasteiger partial charge in [-0.05, 0) is 44.9 Å². The Kier molecular flexibility index (Phi) is 6.03. The summed E-state index contributed by atoms with van der Waals surface area (Å²) in [5, 5.41) is 8.86. The summed E-state index contributed by atoms with van der Waals surface area (Å²) in [4.78, 5) is 24.1. The Bertz CT molecular complexity index is 742. The standard InChI is InChI=1S/C17H21N3O3S/c1-10-5-6-11(2)14(7-10)18-16(21)9-24-13(4)17(22)19-15-8-12(3)23-20-15/h5-8,13H,9H2,1-4H3,(H,18,21)(H,19,20,22)/t13-/m0/s1. The maximum Gasteiger partial charge on any atom is 0.238 e. The van der Waals surface area contributed by atoms with Crippen molar-refractivity contribution in [3.8, 4) is 0 Å². The lowest BCUT2D eigenvalue weighted by molar-refractivity contribution is -0.115. The summed E-state index contributed by atoms with van der Waals surface area (Å²) < 4.78 is 4.89. The van der Waals surface area contributed by atoms with Gasteiger partial charge in [-0.1, -0.05) is 17.3 Å². The molecule has 2 amide bonds. The molecule has 1 heterocycles. The van der Waals surface area contributed by atoms with E-state index in [4.69, 9.17) is 4.52 Å². The van der Waals surface area contributed by atoms with Crippen LogP contribution < -0.4 is 10.6 Å². The Morgan fingerprint density at radius 1 is 1.21 bits per heavy atom. The number of hydrogen-bond donors (Lipinski definition) is 2. The molecule has 0 aliphatic heterocycles. The van der Waals surface area contributed by atoms with Gasteiger partial charge in [0.1, 0.15) is 5.76 Å². The molecule has 2 aromatic rings. The molecule has 0 unspecified atom stereocenters. The van der Waals surface area contributed by atoms with Crippen molar-refractivity contribution < 1.29 is 14.1 Å². The van der Waals surface area contributed by atoms with Gasteiger partial charge in [-0.3, -0.25) is 9.59 Å². The van der Waals surface area contributed by atoms with Crippen LogP contribution in [0.25, 0.3) is 0 Å². The first kappa shape index (κ1) is 18.1. The van der Waals surface area contributed by atoms with Crippen molar-refractivity contribution in [2.75, 3.05) is 16.4 Å². The SMILES string of the molecule is Cc1ccc(C)c(NC(=O)CS[C@@H](C)C(=O)Nc2cc(C)on2)c1. The van der Waals surface area contributed by atoms with Gasteiger partial charge in [0.2, 0.25) is 11.8 Å². The number of rotatable bonds is 6. The second-order valence-corrected chi connectivity index (χ2v) is 6.96. The molecule has 128 valence electrons. The van der Waals surface area contributed by atoms with Crippen molar-refractivity contribution in [2.45, 2.75) is 32.9 Å². The van der Waals surface area contributed by atoms with Crippen LogP contribution in [0.3, 0.4) is 0 Å². The van der Waals surface area contributed by atoms with E-state index in [0.717, 1.165) is 16.8 Å². The van der Waals surface area contributed by atoms with Crippen LogP contribution in [0.5, 0.6) is 0 Å². The first-order valence-electron chi connectivity index (χ1n) is 7.58. The van der Waals surface area contributed by atoms with Gasteiger partial charge in [0.05, 0.1) is 11.0 Å². The van der Waals surface area contributed by atoms with Crippen LogP contribution in [-0.2, 0) is 9.59 Å². The number of benzene rings is 1. The average molecular weight is 347 g/mol. The first-order chi connectivity index (χ1) is 11.3. The zero-order chi connectivity index (χ0) is 17.7. The van der Waals surface area contributed by atoms with Gasteiger partial charge in [-0.25, -0.2) is 0 Å². The van der Waals surface area contributed by atoms with Crippen LogP contribution in [0.2, 0.25) is 0 Å². The minimum absolute atomic E-state index is 0.134. The average Bonchev–Trinajstić information content (AvgIpc) is 2.93. The molecule has 1 atom stereocenters. The van der Waals surface area contributed by atoms with Crippen molar-refractivity contribution in [3.63, 3.8) is 0 Å². The molecule has 0 saturated heterocycles. The molecule has 0 spiro atoms. The van der Waals surface area contributed by atoms with Crippen molar-refractivity contribution in [1.82, 2.24) is 5.16 Å². The topological polar surface area (TPSA) is 84.2 Å². The number of aryl methyl sites for hydroxylation is 3. The van der Waals surface area contributed by atoms with E-state index in [0.29, 0.717) is 11.6 Å². The van der Waals surface area contributed by atoms with E-state index in [-0.39, 0.29) is 22.8 Å². The van der Waals surface area contributed by atoms with Crippen LogP contribution in [0.1, 0.15) is 23.8 Å². The Morgan fingerprint density at radius 3 is 2.62 bits per heavy atom. The highest BCUT2D eigenvalue weighted by molar-refractivity contribution is 8.01. The number of nitrogens with zero attached hydrogens (tertiary/aromatic N) is 1. The second-order valence-electron chi connectivity index (χ2n) is 5.63. The molecule has 0 aliphatic rings. The number of carbonyl (C=O) groups is 2. The fourth-order valence-corrected chi connectivity index (χ4v) is 2.67.